The van der Waals surface area contributed by atoms with Gasteiger partial charge in [0.25, 0.3) is 0 Å². The fourth-order valence-corrected chi connectivity index (χ4v) is 8.83. The molecule has 43 heavy (non-hydrogen) atoms. The Bertz CT molecular complexity index is 1180. The number of ketones is 1. The third-order valence-corrected chi connectivity index (χ3v) is 12.3. The van der Waals surface area contributed by atoms with Crippen LogP contribution in [0.3, 0.4) is 0 Å². The molecule has 1 aromatic carbocycles. The standard InChI is InChI=1S/C34H50O8Si/c1-9-27-34(41-22-38-18-19-43(6,7)8,20-39-31(42-27)23-10-12-24(37-5)13-11-23)25-14-16-33-17-15-26(32(33,2)3)30(40-21-36-4)29(35)28(25)33/h9-14,16,25-28,30-31H,1,15,17-22H2,2-8H3/t25-,26+,27-,28+,30-,31-,33-,34-/m1/s1. The van der Waals surface area contributed by atoms with Crippen LogP contribution in [-0.4, -0.2) is 72.7 Å². The minimum absolute atomic E-state index is 0.0720. The van der Waals surface area contributed by atoms with Gasteiger partial charge in [0.05, 0.1) is 13.7 Å². The minimum atomic E-state index is -1.28. The number of benzene rings is 1. The van der Waals surface area contributed by atoms with Crippen molar-refractivity contribution in [2.75, 3.05) is 41.0 Å². The largest absolute Gasteiger partial charge is 0.497 e. The molecule has 1 heterocycles. The first kappa shape index (κ1) is 32.5. The van der Waals surface area contributed by atoms with E-state index in [4.69, 9.17) is 33.2 Å². The molecule has 8 atom stereocenters. The maximum absolute atomic E-state index is 14.5. The number of carbonyl (C=O) groups is 1. The van der Waals surface area contributed by atoms with Gasteiger partial charge in [0.15, 0.2) is 12.1 Å². The van der Waals surface area contributed by atoms with Crippen LogP contribution in [-0.2, 0) is 33.2 Å². The van der Waals surface area contributed by atoms with Crippen molar-refractivity contribution in [1.82, 2.24) is 0 Å². The molecule has 1 aliphatic heterocycles. The molecule has 5 rings (SSSR count). The van der Waals surface area contributed by atoms with Gasteiger partial charge < -0.3 is 33.2 Å². The summed E-state index contributed by atoms with van der Waals surface area (Å²) in [6.07, 6.45) is 6.38. The Balaban J connectivity index is 1.47. The van der Waals surface area contributed by atoms with Gasteiger partial charge in [0, 0.05) is 44.6 Å². The zero-order valence-electron chi connectivity index (χ0n) is 26.9. The third kappa shape index (κ3) is 5.71. The van der Waals surface area contributed by atoms with E-state index in [1.807, 2.05) is 24.3 Å². The highest BCUT2D eigenvalue weighted by molar-refractivity contribution is 6.76. The van der Waals surface area contributed by atoms with Crippen LogP contribution in [0.1, 0.15) is 38.5 Å². The Kier molecular flexibility index (Phi) is 9.46. The molecule has 0 aromatic heterocycles. The highest BCUT2D eigenvalue weighted by Gasteiger charge is 2.72. The summed E-state index contributed by atoms with van der Waals surface area (Å²) in [4.78, 5) is 14.5. The fraction of sp³-hybridized carbons (Fsp3) is 0.676. The highest BCUT2D eigenvalue weighted by Crippen LogP contribution is 2.70. The van der Waals surface area contributed by atoms with Crippen LogP contribution >= 0.6 is 0 Å². The number of rotatable bonds is 13. The Morgan fingerprint density at radius 1 is 1.12 bits per heavy atom. The Labute approximate surface area is 258 Å². The molecule has 1 aromatic rings. The zero-order valence-corrected chi connectivity index (χ0v) is 27.9. The average molecular weight is 615 g/mol. The molecule has 9 heteroatoms. The molecule has 8 nitrogen and oxygen atoms in total. The van der Waals surface area contributed by atoms with E-state index < -0.39 is 32.2 Å². The Morgan fingerprint density at radius 3 is 2.51 bits per heavy atom. The number of hydrogen-bond acceptors (Lipinski definition) is 8. The van der Waals surface area contributed by atoms with Gasteiger partial charge in [-0.1, -0.05) is 63.8 Å². The van der Waals surface area contributed by atoms with Gasteiger partial charge in [-0.3, -0.25) is 4.79 Å². The second kappa shape index (κ2) is 12.5. The van der Waals surface area contributed by atoms with Crippen LogP contribution in [0.25, 0.3) is 0 Å². The molecule has 3 aliphatic carbocycles. The highest BCUT2D eigenvalue weighted by atomic mass is 28.3. The molecule has 1 saturated heterocycles. The molecule has 0 unspecified atom stereocenters. The first-order chi connectivity index (χ1) is 20.4. The van der Waals surface area contributed by atoms with Gasteiger partial charge in [-0.05, 0) is 42.4 Å². The van der Waals surface area contributed by atoms with E-state index in [1.165, 1.54) is 0 Å². The van der Waals surface area contributed by atoms with Crippen molar-refractivity contribution in [3.05, 3.63) is 54.6 Å². The van der Waals surface area contributed by atoms with Crippen molar-refractivity contribution in [3.63, 3.8) is 0 Å². The van der Waals surface area contributed by atoms with Gasteiger partial charge >= 0.3 is 0 Å². The number of Topliss-reactive ketones (excluding diaryl/α,β-unsaturated/α-hetero) is 1. The van der Waals surface area contributed by atoms with Gasteiger partial charge in [0.1, 0.15) is 37.1 Å². The second-order valence-corrected chi connectivity index (χ2v) is 19.9. The lowest BCUT2D eigenvalue weighted by atomic mass is 9.51. The maximum Gasteiger partial charge on any atom is 0.184 e. The summed E-state index contributed by atoms with van der Waals surface area (Å²) in [7, 11) is 1.95. The fourth-order valence-electron chi connectivity index (χ4n) is 8.07. The van der Waals surface area contributed by atoms with E-state index in [1.54, 1.807) is 20.3 Å². The van der Waals surface area contributed by atoms with Crippen LogP contribution in [0.5, 0.6) is 5.75 Å². The van der Waals surface area contributed by atoms with Crippen molar-refractivity contribution < 1.29 is 38.0 Å². The molecule has 0 amide bonds. The van der Waals surface area contributed by atoms with E-state index in [2.05, 4.69) is 52.2 Å². The molecule has 2 saturated carbocycles. The molecular weight excluding hydrogens is 564 g/mol. The van der Waals surface area contributed by atoms with Crippen LogP contribution < -0.4 is 4.74 Å². The monoisotopic (exact) mass is 614 g/mol. The van der Waals surface area contributed by atoms with Gasteiger partial charge in [-0.15, -0.1) is 6.58 Å². The molecule has 3 fully saturated rings. The third-order valence-electron chi connectivity index (χ3n) is 10.6. The van der Waals surface area contributed by atoms with Crippen LogP contribution in [0.4, 0.5) is 0 Å². The van der Waals surface area contributed by atoms with E-state index in [0.29, 0.717) is 6.61 Å². The quantitative estimate of drug-likeness (QED) is 0.113. The molecule has 0 radical (unpaired) electrons. The zero-order chi connectivity index (χ0) is 31.0. The maximum atomic E-state index is 14.5. The average Bonchev–Trinajstić information content (AvgIpc) is 3.46. The van der Waals surface area contributed by atoms with Crippen molar-refractivity contribution in [3.8, 4) is 5.75 Å². The van der Waals surface area contributed by atoms with E-state index in [0.717, 1.165) is 30.2 Å². The first-order valence-corrected chi connectivity index (χ1v) is 19.2. The van der Waals surface area contributed by atoms with Gasteiger partial charge in [0.2, 0.25) is 0 Å². The summed E-state index contributed by atoms with van der Waals surface area (Å²) in [6.45, 7) is 16.7. The number of ether oxygens (including phenoxy) is 7. The summed E-state index contributed by atoms with van der Waals surface area (Å²) in [6, 6.07) is 8.68. The molecule has 238 valence electrons. The number of methoxy groups -OCH3 is 2. The lowest BCUT2D eigenvalue weighted by molar-refractivity contribution is -0.321. The number of fused-ring (bicyclic) bond motifs is 1. The van der Waals surface area contributed by atoms with Crippen LogP contribution in [0.2, 0.25) is 25.7 Å². The normalized spacial score (nSPS) is 36.5. The topological polar surface area (TPSA) is 81.7 Å². The number of carbonyl (C=O) groups excluding carboxylic acids is 1. The van der Waals surface area contributed by atoms with E-state index >= 15 is 0 Å². The summed E-state index contributed by atoms with van der Waals surface area (Å²) in [5, 5.41) is 0. The van der Waals surface area contributed by atoms with Crippen LogP contribution in [0, 0.1) is 28.6 Å². The minimum Gasteiger partial charge on any atom is -0.497 e. The number of hydrogen-bond donors (Lipinski definition) is 0. The summed E-state index contributed by atoms with van der Waals surface area (Å²) < 4.78 is 42.6. The first-order valence-electron chi connectivity index (χ1n) is 15.5. The molecule has 4 aliphatic rings. The van der Waals surface area contributed by atoms with Crippen molar-refractivity contribution >= 4 is 13.9 Å². The lowest BCUT2D eigenvalue weighted by Gasteiger charge is -2.55. The molecule has 1 spiro atoms. The molecular formula is C34H50O8Si. The Morgan fingerprint density at radius 2 is 1.86 bits per heavy atom. The van der Waals surface area contributed by atoms with Crippen LogP contribution in [0.15, 0.2) is 49.1 Å². The predicted molar refractivity (Wildman–Crippen MR) is 166 cm³/mol. The second-order valence-electron chi connectivity index (χ2n) is 14.3. The van der Waals surface area contributed by atoms with Crippen molar-refractivity contribution in [2.24, 2.45) is 28.6 Å². The van der Waals surface area contributed by atoms with E-state index in [-0.39, 0.29) is 54.6 Å². The van der Waals surface area contributed by atoms with Gasteiger partial charge in [-0.25, -0.2) is 0 Å². The molecule has 2 bridgehead atoms. The molecule has 0 N–H and O–H groups in total. The summed E-state index contributed by atoms with van der Waals surface area (Å²) in [5.74, 6) is 0.291. The summed E-state index contributed by atoms with van der Waals surface area (Å²) >= 11 is 0. The van der Waals surface area contributed by atoms with E-state index in [9.17, 15) is 4.79 Å². The summed E-state index contributed by atoms with van der Waals surface area (Å²) in [5.41, 5.74) is -0.621. The van der Waals surface area contributed by atoms with Crippen molar-refractivity contribution in [1.29, 1.82) is 0 Å². The smallest absolute Gasteiger partial charge is 0.184 e. The number of allylic oxidation sites excluding steroid dienone is 1. The SMILES string of the molecule is C=C[C@H]1O[C@H](c2ccc(OC)cc2)OC[C@@]1(OCOCC[Si](C)(C)C)[C@@H]1C=C[C@@]23CC[C@@H]([C@@H](OCOC)C(=O)[C@H]12)C3(C)C. The lowest BCUT2D eigenvalue weighted by Crippen LogP contribution is -2.64. The van der Waals surface area contributed by atoms with Crippen molar-refractivity contribution in [2.45, 2.75) is 76.5 Å². The predicted octanol–water partition coefficient (Wildman–Crippen LogP) is 6.16. The van der Waals surface area contributed by atoms with Gasteiger partial charge in [-0.2, -0.15) is 0 Å². The Hall–Kier alpha value is -1.85.